The van der Waals surface area contributed by atoms with Gasteiger partial charge in [-0.05, 0) is 25.6 Å². The summed E-state index contributed by atoms with van der Waals surface area (Å²) >= 11 is 6.20. The number of hydrogen-bond acceptors (Lipinski definition) is 5. The van der Waals surface area contributed by atoms with Crippen molar-refractivity contribution < 1.29 is 0 Å². The Morgan fingerprint density at radius 3 is 2.61 bits per heavy atom. The van der Waals surface area contributed by atoms with Crippen molar-refractivity contribution in [1.82, 2.24) is 14.9 Å². The quantitative estimate of drug-likeness (QED) is 0.933. The van der Waals surface area contributed by atoms with Gasteiger partial charge in [-0.25, -0.2) is 9.97 Å². The molecule has 1 aliphatic heterocycles. The number of benzene rings is 1. The van der Waals surface area contributed by atoms with E-state index in [1.54, 1.807) is 0 Å². The summed E-state index contributed by atoms with van der Waals surface area (Å²) < 4.78 is 0. The molecular formula is C17H22ClN5. The number of halogens is 1. The second kappa shape index (κ2) is 7.15. The summed E-state index contributed by atoms with van der Waals surface area (Å²) in [5, 5.41) is 4.13. The van der Waals surface area contributed by atoms with E-state index < -0.39 is 0 Å². The van der Waals surface area contributed by atoms with Gasteiger partial charge in [0.15, 0.2) is 0 Å². The normalized spacial score (nSPS) is 15.7. The molecule has 6 heteroatoms. The first-order valence-corrected chi connectivity index (χ1v) is 8.26. The van der Waals surface area contributed by atoms with Crippen LogP contribution in [0.4, 0.5) is 11.6 Å². The summed E-state index contributed by atoms with van der Waals surface area (Å²) in [6, 6.07) is 9.87. The molecule has 122 valence electrons. The molecule has 1 N–H and O–H groups in total. The van der Waals surface area contributed by atoms with Gasteiger partial charge in [0.25, 0.3) is 0 Å². The van der Waals surface area contributed by atoms with Gasteiger partial charge in [0.1, 0.15) is 17.5 Å². The highest BCUT2D eigenvalue weighted by Crippen LogP contribution is 2.20. The Kier molecular flexibility index (Phi) is 4.98. The Morgan fingerprint density at radius 1 is 1.13 bits per heavy atom. The standard InChI is InChI=1S/C17H22ClN5/c1-13-20-16(19-12-14-5-3-4-6-15(14)18)11-17(21-13)23-9-7-22(2)8-10-23/h3-6,11H,7-10,12H2,1-2H3,(H,19,20,21). The molecule has 0 spiro atoms. The first-order chi connectivity index (χ1) is 11.1. The van der Waals surface area contributed by atoms with Crippen LogP contribution in [0.25, 0.3) is 0 Å². The molecule has 5 nitrogen and oxygen atoms in total. The lowest BCUT2D eigenvalue weighted by Crippen LogP contribution is -2.44. The first-order valence-electron chi connectivity index (χ1n) is 7.88. The minimum absolute atomic E-state index is 0.651. The number of nitrogens with zero attached hydrogens (tertiary/aromatic N) is 4. The molecule has 23 heavy (non-hydrogen) atoms. The number of likely N-dealkylation sites (N-methyl/N-ethyl adjacent to an activating group) is 1. The zero-order valence-electron chi connectivity index (χ0n) is 13.6. The van der Waals surface area contributed by atoms with Gasteiger partial charge >= 0.3 is 0 Å². The summed E-state index contributed by atoms with van der Waals surface area (Å²) in [5.41, 5.74) is 1.06. The first kappa shape index (κ1) is 16.0. The number of aromatic nitrogens is 2. The Morgan fingerprint density at radius 2 is 1.87 bits per heavy atom. The molecule has 2 aromatic rings. The average Bonchev–Trinajstić information content (AvgIpc) is 2.54. The predicted molar refractivity (Wildman–Crippen MR) is 95.3 cm³/mol. The van der Waals surface area contributed by atoms with E-state index in [9.17, 15) is 0 Å². The molecule has 0 radical (unpaired) electrons. The lowest BCUT2D eigenvalue weighted by molar-refractivity contribution is 0.312. The number of aryl methyl sites for hydroxylation is 1. The minimum Gasteiger partial charge on any atom is -0.366 e. The van der Waals surface area contributed by atoms with Crippen LogP contribution >= 0.6 is 11.6 Å². The number of piperazine rings is 1. The van der Waals surface area contributed by atoms with E-state index in [4.69, 9.17) is 11.6 Å². The molecule has 0 atom stereocenters. The molecule has 1 aromatic carbocycles. The molecule has 2 heterocycles. The number of hydrogen-bond donors (Lipinski definition) is 1. The van der Waals surface area contributed by atoms with Gasteiger partial charge in [0.2, 0.25) is 0 Å². The van der Waals surface area contributed by atoms with E-state index in [1.165, 1.54) is 0 Å². The van der Waals surface area contributed by atoms with Crippen LogP contribution in [0.1, 0.15) is 11.4 Å². The third-order valence-electron chi connectivity index (χ3n) is 4.07. The summed E-state index contributed by atoms with van der Waals surface area (Å²) in [7, 11) is 2.15. The van der Waals surface area contributed by atoms with Crippen molar-refractivity contribution in [1.29, 1.82) is 0 Å². The van der Waals surface area contributed by atoms with E-state index in [0.29, 0.717) is 6.54 Å². The largest absolute Gasteiger partial charge is 0.366 e. The summed E-state index contributed by atoms with van der Waals surface area (Å²) in [5.74, 6) is 2.61. The summed E-state index contributed by atoms with van der Waals surface area (Å²) in [4.78, 5) is 13.7. The van der Waals surface area contributed by atoms with Gasteiger partial charge in [-0.3, -0.25) is 0 Å². The molecule has 0 aliphatic carbocycles. The van der Waals surface area contributed by atoms with Crippen molar-refractivity contribution in [3.05, 3.63) is 46.7 Å². The van der Waals surface area contributed by atoms with E-state index in [0.717, 1.165) is 54.2 Å². The average molecular weight is 332 g/mol. The smallest absolute Gasteiger partial charge is 0.134 e. The van der Waals surface area contributed by atoms with Crippen molar-refractivity contribution >= 4 is 23.2 Å². The lowest BCUT2D eigenvalue weighted by atomic mass is 10.2. The highest BCUT2D eigenvalue weighted by atomic mass is 35.5. The third kappa shape index (κ3) is 4.12. The maximum absolute atomic E-state index is 6.20. The molecule has 1 aliphatic rings. The van der Waals surface area contributed by atoms with Crippen molar-refractivity contribution in [2.45, 2.75) is 13.5 Å². The monoisotopic (exact) mass is 331 g/mol. The zero-order chi connectivity index (χ0) is 16.2. The molecular weight excluding hydrogens is 310 g/mol. The second-order valence-corrected chi connectivity index (χ2v) is 6.30. The fourth-order valence-electron chi connectivity index (χ4n) is 2.67. The van der Waals surface area contributed by atoms with Crippen molar-refractivity contribution in [2.75, 3.05) is 43.4 Å². The van der Waals surface area contributed by atoms with Crippen LogP contribution in [0.2, 0.25) is 5.02 Å². The maximum atomic E-state index is 6.20. The van der Waals surface area contributed by atoms with Crippen molar-refractivity contribution in [3.8, 4) is 0 Å². The van der Waals surface area contributed by atoms with Crippen LogP contribution in [0, 0.1) is 6.92 Å². The number of rotatable bonds is 4. The predicted octanol–water partition coefficient (Wildman–Crippen LogP) is 2.80. The van der Waals surface area contributed by atoms with Gasteiger partial charge in [0.05, 0.1) is 0 Å². The summed E-state index contributed by atoms with van der Waals surface area (Å²) in [6.45, 7) is 6.70. The Balaban J connectivity index is 1.71. The van der Waals surface area contributed by atoms with E-state index in [1.807, 2.05) is 37.3 Å². The topological polar surface area (TPSA) is 44.3 Å². The Hall–Kier alpha value is -1.85. The van der Waals surface area contributed by atoms with Crippen LogP contribution in [0.15, 0.2) is 30.3 Å². The molecule has 1 aromatic heterocycles. The summed E-state index contributed by atoms with van der Waals surface area (Å²) in [6.07, 6.45) is 0. The maximum Gasteiger partial charge on any atom is 0.134 e. The van der Waals surface area contributed by atoms with Crippen LogP contribution in [-0.2, 0) is 6.54 Å². The minimum atomic E-state index is 0.651. The molecule has 1 saturated heterocycles. The SMILES string of the molecule is Cc1nc(NCc2ccccc2Cl)cc(N2CCN(C)CC2)n1. The van der Waals surface area contributed by atoms with Gasteiger partial charge in [0, 0.05) is 43.8 Å². The highest BCUT2D eigenvalue weighted by molar-refractivity contribution is 6.31. The van der Waals surface area contributed by atoms with Crippen LogP contribution in [0.5, 0.6) is 0 Å². The van der Waals surface area contributed by atoms with Crippen molar-refractivity contribution in [3.63, 3.8) is 0 Å². The molecule has 0 bridgehead atoms. The number of nitrogens with one attached hydrogen (secondary N) is 1. The van der Waals surface area contributed by atoms with Crippen LogP contribution in [-0.4, -0.2) is 48.1 Å². The molecule has 0 unspecified atom stereocenters. The van der Waals surface area contributed by atoms with Gasteiger partial charge < -0.3 is 15.1 Å². The number of anilines is 2. The van der Waals surface area contributed by atoms with E-state index in [2.05, 4.69) is 32.1 Å². The van der Waals surface area contributed by atoms with Gasteiger partial charge in [-0.1, -0.05) is 29.8 Å². The third-order valence-corrected chi connectivity index (χ3v) is 4.44. The lowest BCUT2D eigenvalue weighted by Gasteiger charge is -2.33. The fourth-order valence-corrected chi connectivity index (χ4v) is 2.87. The zero-order valence-corrected chi connectivity index (χ0v) is 14.3. The Labute approximate surface area is 142 Å². The highest BCUT2D eigenvalue weighted by Gasteiger charge is 2.16. The molecule has 1 fully saturated rings. The second-order valence-electron chi connectivity index (χ2n) is 5.89. The van der Waals surface area contributed by atoms with Gasteiger partial charge in [-0.2, -0.15) is 0 Å². The van der Waals surface area contributed by atoms with Crippen molar-refractivity contribution in [2.24, 2.45) is 0 Å². The van der Waals surface area contributed by atoms with Crippen LogP contribution < -0.4 is 10.2 Å². The molecule has 3 rings (SSSR count). The van der Waals surface area contributed by atoms with E-state index >= 15 is 0 Å². The Bertz CT molecular complexity index is 668. The van der Waals surface area contributed by atoms with E-state index in [-0.39, 0.29) is 0 Å². The molecule has 0 amide bonds. The van der Waals surface area contributed by atoms with Crippen LogP contribution in [0.3, 0.4) is 0 Å². The van der Waals surface area contributed by atoms with Gasteiger partial charge in [-0.15, -0.1) is 0 Å². The fraction of sp³-hybridized carbons (Fsp3) is 0.412. The molecule has 0 saturated carbocycles.